The third kappa shape index (κ3) is 5.24. The van der Waals surface area contributed by atoms with Crippen LogP contribution in [0.5, 0.6) is 0 Å². The van der Waals surface area contributed by atoms with Crippen LogP contribution in [0.25, 0.3) is 0 Å². The lowest BCUT2D eigenvalue weighted by molar-refractivity contribution is -0.132. The van der Waals surface area contributed by atoms with Gasteiger partial charge < -0.3 is 15.4 Å². The van der Waals surface area contributed by atoms with E-state index in [1.807, 2.05) is 4.90 Å². The van der Waals surface area contributed by atoms with Crippen LogP contribution in [-0.2, 0) is 9.53 Å². The lowest BCUT2D eigenvalue weighted by atomic mass is 10.0. The van der Waals surface area contributed by atoms with Gasteiger partial charge >= 0.3 is 0 Å². The fraction of sp³-hybridized carbons (Fsp3) is 0.938. The first-order chi connectivity index (χ1) is 10.1. The second-order valence-electron chi connectivity index (χ2n) is 6.85. The summed E-state index contributed by atoms with van der Waals surface area (Å²) in [5.74, 6) is 0.592. The molecule has 0 aromatic heterocycles. The van der Waals surface area contributed by atoms with Crippen LogP contribution in [0.4, 0.5) is 0 Å². The van der Waals surface area contributed by atoms with E-state index in [0.29, 0.717) is 12.0 Å². The zero-order chi connectivity index (χ0) is 15.2. The lowest BCUT2D eigenvalue weighted by Crippen LogP contribution is -2.46. The Hall–Kier alpha value is -0.650. The van der Waals surface area contributed by atoms with Gasteiger partial charge in [0.05, 0.1) is 12.1 Å². The van der Waals surface area contributed by atoms with Gasteiger partial charge in [-0.25, -0.2) is 0 Å². The van der Waals surface area contributed by atoms with Gasteiger partial charge in [-0.3, -0.25) is 9.69 Å². The van der Waals surface area contributed by atoms with Gasteiger partial charge in [0.15, 0.2) is 0 Å². The van der Waals surface area contributed by atoms with E-state index < -0.39 is 0 Å². The second kappa shape index (κ2) is 8.11. The molecule has 5 nitrogen and oxygen atoms in total. The highest BCUT2D eigenvalue weighted by atomic mass is 16.5. The van der Waals surface area contributed by atoms with Crippen molar-refractivity contribution in [3.05, 3.63) is 0 Å². The Bertz CT molecular complexity index is 329. The zero-order valence-corrected chi connectivity index (χ0v) is 13.6. The van der Waals surface area contributed by atoms with Crippen LogP contribution in [0.15, 0.2) is 0 Å². The van der Waals surface area contributed by atoms with Gasteiger partial charge in [0, 0.05) is 32.8 Å². The minimum atomic E-state index is -0.338. The zero-order valence-electron chi connectivity index (χ0n) is 13.6. The molecule has 122 valence electrons. The maximum Gasteiger partial charge on any atom is 0.239 e. The van der Waals surface area contributed by atoms with Crippen molar-refractivity contribution >= 4 is 5.91 Å². The fourth-order valence-corrected chi connectivity index (χ4v) is 3.29. The van der Waals surface area contributed by atoms with Crippen molar-refractivity contribution in [1.82, 2.24) is 9.80 Å². The first kappa shape index (κ1) is 16.7. The molecule has 2 saturated heterocycles. The number of carbonyl (C=O) groups is 1. The molecule has 0 aromatic rings. The molecule has 0 saturated carbocycles. The second-order valence-corrected chi connectivity index (χ2v) is 6.85. The number of ether oxygens (including phenoxy) is 1. The third-order valence-corrected chi connectivity index (χ3v) is 4.43. The number of hydrogen-bond acceptors (Lipinski definition) is 4. The van der Waals surface area contributed by atoms with E-state index in [-0.39, 0.29) is 11.9 Å². The van der Waals surface area contributed by atoms with Crippen molar-refractivity contribution in [2.75, 3.05) is 39.3 Å². The van der Waals surface area contributed by atoms with Crippen LogP contribution in [0, 0.1) is 5.92 Å². The minimum absolute atomic E-state index is 0.127. The monoisotopic (exact) mass is 297 g/mol. The molecule has 0 spiro atoms. The molecule has 21 heavy (non-hydrogen) atoms. The van der Waals surface area contributed by atoms with Crippen LogP contribution in [-0.4, -0.2) is 67.2 Å². The largest absolute Gasteiger partial charge is 0.377 e. The molecule has 2 aliphatic rings. The van der Waals surface area contributed by atoms with Crippen LogP contribution in [0.1, 0.15) is 39.5 Å². The summed E-state index contributed by atoms with van der Waals surface area (Å²) in [5.41, 5.74) is 6.04. The molecule has 2 N–H and O–H groups in total. The average molecular weight is 297 g/mol. The number of nitrogens with two attached hydrogens (primary N) is 1. The number of amides is 1. The molecular formula is C16H31N3O2. The van der Waals surface area contributed by atoms with Crippen molar-refractivity contribution in [1.29, 1.82) is 0 Å². The van der Waals surface area contributed by atoms with Crippen molar-refractivity contribution in [3.63, 3.8) is 0 Å². The molecule has 0 bridgehead atoms. The molecule has 0 radical (unpaired) electrons. The summed E-state index contributed by atoms with van der Waals surface area (Å²) in [6, 6.07) is -0.338. The summed E-state index contributed by atoms with van der Waals surface area (Å²) in [6.07, 6.45) is 4.57. The van der Waals surface area contributed by atoms with Crippen LogP contribution >= 0.6 is 0 Å². The van der Waals surface area contributed by atoms with E-state index in [9.17, 15) is 4.79 Å². The van der Waals surface area contributed by atoms with Gasteiger partial charge in [-0.15, -0.1) is 0 Å². The third-order valence-electron chi connectivity index (χ3n) is 4.43. The Labute approximate surface area is 128 Å². The number of hydrogen-bond donors (Lipinski definition) is 1. The van der Waals surface area contributed by atoms with Gasteiger partial charge in [-0.1, -0.05) is 13.8 Å². The maximum absolute atomic E-state index is 12.4. The lowest BCUT2D eigenvalue weighted by Gasteiger charge is -2.26. The fourth-order valence-electron chi connectivity index (χ4n) is 3.29. The van der Waals surface area contributed by atoms with Crippen molar-refractivity contribution in [3.8, 4) is 0 Å². The van der Waals surface area contributed by atoms with Crippen LogP contribution < -0.4 is 5.73 Å². The molecule has 2 heterocycles. The summed E-state index contributed by atoms with van der Waals surface area (Å²) in [5, 5.41) is 0. The van der Waals surface area contributed by atoms with Gasteiger partial charge in [-0.2, -0.15) is 0 Å². The van der Waals surface area contributed by atoms with Crippen LogP contribution in [0.3, 0.4) is 0 Å². The summed E-state index contributed by atoms with van der Waals surface area (Å²) in [6.45, 7) is 9.79. The molecular weight excluding hydrogens is 266 g/mol. The number of rotatable bonds is 5. The number of carbonyl (C=O) groups excluding carboxylic acids is 1. The normalized spacial score (nSPS) is 26.1. The van der Waals surface area contributed by atoms with Gasteiger partial charge in [0.1, 0.15) is 0 Å². The van der Waals surface area contributed by atoms with Gasteiger partial charge in [0.2, 0.25) is 5.91 Å². The van der Waals surface area contributed by atoms with E-state index in [2.05, 4.69) is 18.7 Å². The SMILES string of the molecule is CC(C)C[C@@H](N)C(=O)N1CCCN(CC2CCCO2)CC1. The molecule has 5 heteroatoms. The van der Waals surface area contributed by atoms with Crippen molar-refractivity contribution < 1.29 is 9.53 Å². The van der Waals surface area contributed by atoms with E-state index in [1.54, 1.807) is 0 Å². The molecule has 0 aliphatic carbocycles. The van der Waals surface area contributed by atoms with Gasteiger partial charge in [-0.05, 0) is 38.1 Å². The Morgan fingerprint density at radius 2 is 2.05 bits per heavy atom. The summed E-state index contributed by atoms with van der Waals surface area (Å²) in [7, 11) is 0. The average Bonchev–Trinajstić information content (AvgIpc) is 2.82. The molecule has 1 amide bonds. The van der Waals surface area contributed by atoms with Crippen molar-refractivity contribution in [2.45, 2.75) is 51.7 Å². The molecule has 0 aromatic carbocycles. The number of nitrogens with zero attached hydrogens (tertiary/aromatic N) is 2. The Kier molecular flexibility index (Phi) is 6.45. The molecule has 1 unspecified atom stereocenters. The summed E-state index contributed by atoms with van der Waals surface area (Å²) < 4.78 is 5.71. The molecule has 2 rings (SSSR count). The highest BCUT2D eigenvalue weighted by Gasteiger charge is 2.26. The molecule has 2 fully saturated rings. The van der Waals surface area contributed by atoms with Crippen molar-refractivity contribution in [2.24, 2.45) is 11.7 Å². The first-order valence-corrected chi connectivity index (χ1v) is 8.44. The highest BCUT2D eigenvalue weighted by Crippen LogP contribution is 2.15. The summed E-state index contributed by atoms with van der Waals surface area (Å²) in [4.78, 5) is 16.8. The molecule has 2 atom stereocenters. The van der Waals surface area contributed by atoms with E-state index in [1.165, 1.54) is 12.8 Å². The molecule has 2 aliphatic heterocycles. The predicted octanol–water partition coefficient (Wildman–Crippen LogP) is 1.07. The Morgan fingerprint density at radius 1 is 1.24 bits per heavy atom. The van der Waals surface area contributed by atoms with E-state index >= 15 is 0 Å². The maximum atomic E-state index is 12.4. The highest BCUT2D eigenvalue weighted by molar-refractivity contribution is 5.81. The van der Waals surface area contributed by atoms with E-state index in [4.69, 9.17) is 10.5 Å². The Balaban J connectivity index is 1.78. The quantitative estimate of drug-likeness (QED) is 0.825. The topological polar surface area (TPSA) is 58.8 Å². The smallest absolute Gasteiger partial charge is 0.239 e. The van der Waals surface area contributed by atoms with Crippen LogP contribution in [0.2, 0.25) is 0 Å². The van der Waals surface area contributed by atoms with E-state index in [0.717, 1.165) is 52.2 Å². The Morgan fingerprint density at radius 3 is 2.71 bits per heavy atom. The standard InChI is InChI=1S/C16H31N3O2/c1-13(2)11-15(17)16(20)19-7-4-6-18(8-9-19)12-14-5-3-10-21-14/h13-15H,3-12,17H2,1-2H3/t14?,15-/m1/s1. The first-order valence-electron chi connectivity index (χ1n) is 8.44. The predicted molar refractivity (Wildman–Crippen MR) is 84.0 cm³/mol. The summed E-state index contributed by atoms with van der Waals surface area (Å²) >= 11 is 0. The van der Waals surface area contributed by atoms with Gasteiger partial charge in [0.25, 0.3) is 0 Å². The minimum Gasteiger partial charge on any atom is -0.377 e.